The highest BCUT2D eigenvalue weighted by atomic mass is 19.1. The molecule has 0 spiro atoms. The Labute approximate surface area is 164 Å². The van der Waals surface area contributed by atoms with E-state index in [4.69, 9.17) is 10.5 Å². The largest absolute Gasteiger partial charge is 0.450 e. The second-order valence-corrected chi connectivity index (χ2v) is 6.59. The van der Waals surface area contributed by atoms with E-state index in [9.17, 15) is 14.0 Å². The van der Waals surface area contributed by atoms with Crippen molar-refractivity contribution in [3.05, 3.63) is 35.1 Å². The third-order valence-corrected chi connectivity index (χ3v) is 4.49. The van der Waals surface area contributed by atoms with Gasteiger partial charge in [0.15, 0.2) is 5.96 Å². The van der Waals surface area contributed by atoms with Crippen molar-refractivity contribution < 1.29 is 18.7 Å². The monoisotopic (exact) mass is 393 g/mol. The minimum Gasteiger partial charge on any atom is -0.450 e. The fraction of sp³-hybridized carbons (Fsp3) is 0.526. The first kappa shape index (κ1) is 21.5. The van der Waals surface area contributed by atoms with Crippen LogP contribution in [0.1, 0.15) is 35.7 Å². The lowest BCUT2D eigenvalue weighted by atomic mass is 10.1. The Morgan fingerprint density at radius 2 is 2.07 bits per heavy atom. The van der Waals surface area contributed by atoms with E-state index in [1.807, 2.05) is 0 Å². The van der Waals surface area contributed by atoms with Gasteiger partial charge in [-0.15, -0.1) is 0 Å². The number of halogens is 1. The maximum absolute atomic E-state index is 13.5. The molecule has 1 aliphatic heterocycles. The van der Waals surface area contributed by atoms with Gasteiger partial charge >= 0.3 is 6.09 Å². The molecule has 0 unspecified atom stereocenters. The molecule has 1 aliphatic rings. The zero-order valence-corrected chi connectivity index (χ0v) is 16.3. The number of carbonyl (C=O) groups excluding carboxylic acids is 2. The number of hydrogen-bond acceptors (Lipinski definition) is 4. The van der Waals surface area contributed by atoms with Crippen LogP contribution in [-0.2, 0) is 4.74 Å². The summed E-state index contributed by atoms with van der Waals surface area (Å²) >= 11 is 0. The van der Waals surface area contributed by atoms with Crippen LogP contribution in [-0.4, -0.2) is 61.7 Å². The topological polar surface area (TPSA) is 109 Å². The molecule has 2 amide bonds. The van der Waals surface area contributed by atoms with Crippen LogP contribution in [0.5, 0.6) is 0 Å². The number of nitrogens with two attached hydrogens (primary N) is 1. The second kappa shape index (κ2) is 10.5. The van der Waals surface area contributed by atoms with Crippen molar-refractivity contribution in [2.24, 2.45) is 10.7 Å². The molecular weight excluding hydrogens is 365 g/mol. The number of guanidine groups is 1. The highest BCUT2D eigenvalue weighted by Crippen LogP contribution is 2.11. The molecule has 2 rings (SSSR count). The molecule has 1 heterocycles. The van der Waals surface area contributed by atoms with E-state index < -0.39 is 5.82 Å². The Hall–Kier alpha value is -2.84. The van der Waals surface area contributed by atoms with Crippen LogP contribution in [0.2, 0.25) is 0 Å². The Bertz CT molecular complexity index is 718. The summed E-state index contributed by atoms with van der Waals surface area (Å²) in [7, 11) is 0. The molecule has 154 valence electrons. The number of piperidine rings is 1. The van der Waals surface area contributed by atoms with Gasteiger partial charge in [-0.05, 0) is 44.4 Å². The smallest absolute Gasteiger partial charge is 0.409 e. The molecule has 0 saturated carbocycles. The van der Waals surface area contributed by atoms with Crippen molar-refractivity contribution in [2.45, 2.75) is 32.7 Å². The number of nitrogens with zero attached hydrogens (tertiary/aromatic N) is 2. The number of aliphatic imine (C=N–C) groups is 1. The Morgan fingerprint density at radius 1 is 1.36 bits per heavy atom. The summed E-state index contributed by atoms with van der Waals surface area (Å²) in [5.41, 5.74) is 6.65. The zero-order valence-electron chi connectivity index (χ0n) is 16.3. The van der Waals surface area contributed by atoms with Crippen LogP contribution in [0.25, 0.3) is 0 Å². The average Bonchev–Trinajstić information content (AvgIpc) is 2.68. The van der Waals surface area contributed by atoms with Gasteiger partial charge in [-0.25, -0.2) is 9.18 Å². The zero-order chi connectivity index (χ0) is 20.5. The van der Waals surface area contributed by atoms with Crippen molar-refractivity contribution in [1.82, 2.24) is 15.5 Å². The first-order valence-corrected chi connectivity index (χ1v) is 9.43. The molecule has 1 aromatic carbocycles. The number of benzene rings is 1. The quantitative estimate of drug-likeness (QED) is 0.384. The second-order valence-electron chi connectivity index (χ2n) is 6.59. The molecule has 0 bridgehead atoms. The number of carbonyl (C=O) groups is 2. The molecule has 9 heteroatoms. The predicted molar refractivity (Wildman–Crippen MR) is 105 cm³/mol. The minimum absolute atomic E-state index is 0.138. The summed E-state index contributed by atoms with van der Waals surface area (Å²) in [6, 6.07) is 4.50. The normalized spacial score (nSPS) is 15.2. The Kier molecular flexibility index (Phi) is 8.03. The molecule has 0 atom stereocenters. The SMILES string of the molecule is CCOC(=O)N1CCC(NC(N)=NCCNC(=O)c2ccc(C)c(F)c2)CC1. The van der Waals surface area contributed by atoms with E-state index in [-0.39, 0.29) is 30.2 Å². The molecule has 0 aromatic heterocycles. The third-order valence-electron chi connectivity index (χ3n) is 4.49. The predicted octanol–water partition coefficient (Wildman–Crippen LogP) is 1.39. The number of rotatable bonds is 6. The maximum atomic E-state index is 13.5. The van der Waals surface area contributed by atoms with Gasteiger partial charge in [-0.1, -0.05) is 6.07 Å². The van der Waals surface area contributed by atoms with Crippen LogP contribution >= 0.6 is 0 Å². The molecule has 1 fully saturated rings. The van der Waals surface area contributed by atoms with Crippen molar-refractivity contribution in [3.8, 4) is 0 Å². The minimum atomic E-state index is -0.409. The summed E-state index contributed by atoms with van der Waals surface area (Å²) in [5.74, 6) is -0.467. The fourth-order valence-electron chi connectivity index (χ4n) is 2.86. The highest BCUT2D eigenvalue weighted by Gasteiger charge is 2.23. The van der Waals surface area contributed by atoms with E-state index in [2.05, 4.69) is 15.6 Å². The number of hydrogen-bond donors (Lipinski definition) is 3. The number of likely N-dealkylation sites (tertiary alicyclic amines) is 1. The van der Waals surface area contributed by atoms with Gasteiger partial charge in [-0.3, -0.25) is 9.79 Å². The van der Waals surface area contributed by atoms with E-state index in [0.717, 1.165) is 12.8 Å². The molecular formula is C19H28FN5O3. The standard InChI is InChI=1S/C19H28FN5O3/c1-3-28-19(27)25-10-6-15(7-11-25)24-18(21)23-9-8-22-17(26)14-5-4-13(2)16(20)12-14/h4-5,12,15H,3,6-11H2,1-2H3,(H,22,26)(H3,21,23,24). The van der Waals surface area contributed by atoms with E-state index in [1.165, 1.54) is 6.07 Å². The van der Waals surface area contributed by atoms with Crippen LogP contribution in [0.3, 0.4) is 0 Å². The molecule has 1 saturated heterocycles. The van der Waals surface area contributed by atoms with Gasteiger partial charge in [0, 0.05) is 31.2 Å². The van der Waals surface area contributed by atoms with Gasteiger partial charge in [0.05, 0.1) is 13.2 Å². The van der Waals surface area contributed by atoms with E-state index in [0.29, 0.717) is 37.8 Å². The van der Waals surface area contributed by atoms with Crippen LogP contribution in [0, 0.1) is 12.7 Å². The van der Waals surface area contributed by atoms with Crippen LogP contribution < -0.4 is 16.4 Å². The average molecular weight is 393 g/mol. The summed E-state index contributed by atoms with van der Waals surface area (Å²) in [6.07, 6.45) is 1.22. The summed E-state index contributed by atoms with van der Waals surface area (Å²) in [5, 5.41) is 5.81. The first-order valence-electron chi connectivity index (χ1n) is 9.43. The lowest BCUT2D eigenvalue weighted by molar-refractivity contribution is 0.0948. The highest BCUT2D eigenvalue weighted by molar-refractivity contribution is 5.94. The molecule has 1 aromatic rings. The molecule has 0 aliphatic carbocycles. The number of nitrogens with one attached hydrogen (secondary N) is 2. The van der Waals surface area contributed by atoms with Crippen LogP contribution in [0.4, 0.5) is 9.18 Å². The van der Waals surface area contributed by atoms with Crippen molar-refractivity contribution >= 4 is 18.0 Å². The first-order chi connectivity index (χ1) is 13.4. The van der Waals surface area contributed by atoms with E-state index >= 15 is 0 Å². The summed E-state index contributed by atoms with van der Waals surface area (Å²) < 4.78 is 18.5. The Morgan fingerprint density at radius 3 is 2.71 bits per heavy atom. The third kappa shape index (κ3) is 6.40. The molecule has 28 heavy (non-hydrogen) atoms. The number of amides is 2. The summed E-state index contributed by atoms with van der Waals surface area (Å²) in [4.78, 5) is 29.5. The van der Waals surface area contributed by atoms with Gasteiger partial charge in [0.1, 0.15) is 5.82 Å². The molecule has 0 radical (unpaired) electrons. The van der Waals surface area contributed by atoms with Gasteiger partial charge in [0.2, 0.25) is 0 Å². The summed E-state index contributed by atoms with van der Waals surface area (Å²) in [6.45, 7) is 5.59. The molecule has 8 nitrogen and oxygen atoms in total. The van der Waals surface area contributed by atoms with Crippen molar-refractivity contribution in [1.29, 1.82) is 0 Å². The maximum Gasteiger partial charge on any atom is 0.409 e. The number of aryl methyl sites for hydroxylation is 1. The van der Waals surface area contributed by atoms with Gasteiger partial charge < -0.3 is 26.0 Å². The molecule has 4 N–H and O–H groups in total. The fourth-order valence-corrected chi connectivity index (χ4v) is 2.86. The van der Waals surface area contributed by atoms with Gasteiger partial charge in [0.25, 0.3) is 5.91 Å². The van der Waals surface area contributed by atoms with Crippen molar-refractivity contribution in [3.63, 3.8) is 0 Å². The Balaban J connectivity index is 1.68. The number of ether oxygens (including phenoxy) is 1. The lowest BCUT2D eigenvalue weighted by Crippen LogP contribution is -2.48. The lowest BCUT2D eigenvalue weighted by Gasteiger charge is -2.31. The van der Waals surface area contributed by atoms with E-state index in [1.54, 1.807) is 30.9 Å². The van der Waals surface area contributed by atoms with Crippen LogP contribution in [0.15, 0.2) is 23.2 Å². The van der Waals surface area contributed by atoms with Gasteiger partial charge in [-0.2, -0.15) is 0 Å². The van der Waals surface area contributed by atoms with Crippen molar-refractivity contribution in [2.75, 3.05) is 32.8 Å².